The zero-order chi connectivity index (χ0) is 16.4. The molecule has 1 aromatic carbocycles. The SMILES string of the molecule is COCCN1C(=O)C[C@H]2[C@@H]1CCN2C(=O)Nc1ccc(F)cc1. The van der Waals surface area contributed by atoms with Gasteiger partial charge in [0.05, 0.1) is 18.7 Å². The van der Waals surface area contributed by atoms with Crippen LogP contribution < -0.4 is 5.32 Å². The zero-order valence-electron chi connectivity index (χ0n) is 13.0. The van der Waals surface area contributed by atoms with Crippen LogP contribution >= 0.6 is 0 Å². The fraction of sp³-hybridized carbons (Fsp3) is 0.500. The molecule has 124 valence electrons. The Morgan fingerprint density at radius 2 is 2.09 bits per heavy atom. The van der Waals surface area contributed by atoms with Gasteiger partial charge in [-0.3, -0.25) is 4.79 Å². The Kier molecular flexibility index (Phi) is 4.47. The molecule has 2 atom stereocenters. The van der Waals surface area contributed by atoms with Gasteiger partial charge in [-0.25, -0.2) is 9.18 Å². The highest BCUT2D eigenvalue weighted by Crippen LogP contribution is 2.32. The van der Waals surface area contributed by atoms with Crippen LogP contribution in [0.25, 0.3) is 0 Å². The average Bonchev–Trinajstić information content (AvgIpc) is 3.06. The van der Waals surface area contributed by atoms with E-state index in [1.807, 2.05) is 4.90 Å². The summed E-state index contributed by atoms with van der Waals surface area (Å²) < 4.78 is 18.0. The lowest BCUT2D eigenvalue weighted by Crippen LogP contribution is -2.42. The van der Waals surface area contributed by atoms with E-state index < -0.39 is 0 Å². The molecule has 0 aliphatic carbocycles. The smallest absolute Gasteiger partial charge is 0.322 e. The van der Waals surface area contributed by atoms with E-state index in [0.29, 0.717) is 31.8 Å². The van der Waals surface area contributed by atoms with Crippen molar-refractivity contribution in [2.45, 2.75) is 24.9 Å². The molecule has 2 aliphatic rings. The third-order valence-corrected chi connectivity index (χ3v) is 4.51. The quantitative estimate of drug-likeness (QED) is 0.918. The van der Waals surface area contributed by atoms with Crippen molar-refractivity contribution in [2.24, 2.45) is 0 Å². The van der Waals surface area contributed by atoms with Crippen molar-refractivity contribution in [1.29, 1.82) is 0 Å². The van der Waals surface area contributed by atoms with E-state index >= 15 is 0 Å². The highest BCUT2D eigenvalue weighted by molar-refractivity contribution is 5.91. The number of benzene rings is 1. The van der Waals surface area contributed by atoms with E-state index in [0.717, 1.165) is 6.42 Å². The molecule has 6 nitrogen and oxygen atoms in total. The first-order valence-electron chi connectivity index (χ1n) is 7.71. The number of hydrogen-bond donors (Lipinski definition) is 1. The minimum atomic E-state index is -0.348. The van der Waals surface area contributed by atoms with Crippen molar-refractivity contribution in [2.75, 3.05) is 32.1 Å². The number of amides is 3. The maximum Gasteiger partial charge on any atom is 0.322 e. The summed E-state index contributed by atoms with van der Waals surface area (Å²) in [5.74, 6) is -0.282. The fourth-order valence-electron chi connectivity index (χ4n) is 3.39. The normalized spacial score (nSPS) is 23.3. The lowest BCUT2D eigenvalue weighted by molar-refractivity contribution is -0.129. The minimum absolute atomic E-state index is 0.0660. The summed E-state index contributed by atoms with van der Waals surface area (Å²) in [6, 6.07) is 5.36. The number of methoxy groups -OCH3 is 1. The van der Waals surface area contributed by atoms with Crippen LogP contribution in [0.5, 0.6) is 0 Å². The van der Waals surface area contributed by atoms with Crippen LogP contribution in [0, 0.1) is 5.82 Å². The van der Waals surface area contributed by atoms with Gasteiger partial charge in [0.25, 0.3) is 0 Å². The molecule has 2 aliphatic heterocycles. The number of nitrogens with one attached hydrogen (secondary N) is 1. The van der Waals surface area contributed by atoms with Gasteiger partial charge in [-0.05, 0) is 30.7 Å². The van der Waals surface area contributed by atoms with E-state index in [9.17, 15) is 14.0 Å². The Balaban J connectivity index is 1.64. The fourth-order valence-corrected chi connectivity index (χ4v) is 3.39. The summed E-state index contributed by atoms with van der Waals surface area (Å²) in [5.41, 5.74) is 0.542. The number of halogens is 1. The molecule has 0 bridgehead atoms. The van der Waals surface area contributed by atoms with E-state index in [-0.39, 0.29) is 29.8 Å². The van der Waals surface area contributed by atoms with Gasteiger partial charge in [-0.1, -0.05) is 0 Å². The molecule has 0 aromatic heterocycles. The van der Waals surface area contributed by atoms with Crippen LogP contribution in [-0.4, -0.2) is 60.6 Å². The lowest BCUT2D eigenvalue weighted by atomic mass is 10.1. The summed E-state index contributed by atoms with van der Waals surface area (Å²) >= 11 is 0. The van der Waals surface area contributed by atoms with Crippen molar-refractivity contribution < 1.29 is 18.7 Å². The van der Waals surface area contributed by atoms with Crippen molar-refractivity contribution in [3.8, 4) is 0 Å². The highest BCUT2D eigenvalue weighted by atomic mass is 19.1. The molecule has 23 heavy (non-hydrogen) atoms. The third kappa shape index (κ3) is 3.14. The molecule has 2 fully saturated rings. The average molecular weight is 321 g/mol. The maximum absolute atomic E-state index is 12.9. The molecule has 2 saturated heterocycles. The second-order valence-electron chi connectivity index (χ2n) is 5.84. The van der Waals surface area contributed by atoms with E-state index in [4.69, 9.17) is 4.74 Å². The van der Waals surface area contributed by atoms with Crippen molar-refractivity contribution in [1.82, 2.24) is 9.80 Å². The molecule has 3 amide bonds. The van der Waals surface area contributed by atoms with Crippen LogP contribution in [0.2, 0.25) is 0 Å². The summed E-state index contributed by atoms with van der Waals surface area (Å²) in [7, 11) is 1.61. The topological polar surface area (TPSA) is 61.9 Å². The Morgan fingerprint density at radius 1 is 1.35 bits per heavy atom. The predicted octanol–water partition coefficient (Wildman–Crippen LogP) is 1.68. The number of carbonyl (C=O) groups excluding carboxylic acids is 2. The second-order valence-corrected chi connectivity index (χ2v) is 5.84. The predicted molar refractivity (Wildman–Crippen MR) is 82.5 cm³/mol. The Hall–Kier alpha value is -2.15. The number of nitrogens with zero attached hydrogens (tertiary/aromatic N) is 2. The first kappa shape index (κ1) is 15.7. The summed E-state index contributed by atoms with van der Waals surface area (Å²) in [5, 5.41) is 2.76. The van der Waals surface area contributed by atoms with Crippen LogP contribution in [-0.2, 0) is 9.53 Å². The third-order valence-electron chi connectivity index (χ3n) is 4.51. The molecule has 1 aromatic rings. The van der Waals surface area contributed by atoms with E-state index in [1.165, 1.54) is 24.3 Å². The largest absolute Gasteiger partial charge is 0.383 e. The van der Waals surface area contributed by atoms with Gasteiger partial charge >= 0.3 is 6.03 Å². The van der Waals surface area contributed by atoms with Gasteiger partial charge in [0.1, 0.15) is 5.82 Å². The maximum atomic E-state index is 12.9. The van der Waals surface area contributed by atoms with Gasteiger partial charge in [0.15, 0.2) is 0 Å². The first-order chi connectivity index (χ1) is 11.1. The molecule has 7 heteroatoms. The standard InChI is InChI=1S/C16H20FN3O3/c1-23-9-8-19-13-6-7-20(14(13)10-15(19)21)16(22)18-12-4-2-11(17)3-5-12/h2-5,13-14H,6-10H2,1H3,(H,18,22)/t13-,14-/m0/s1. The van der Waals surface area contributed by atoms with Crippen LogP contribution in [0.15, 0.2) is 24.3 Å². The number of carbonyl (C=O) groups is 2. The minimum Gasteiger partial charge on any atom is -0.383 e. The molecular formula is C16H20FN3O3. The van der Waals surface area contributed by atoms with Gasteiger partial charge in [-0.15, -0.1) is 0 Å². The van der Waals surface area contributed by atoms with E-state index in [1.54, 1.807) is 12.0 Å². The number of urea groups is 1. The molecule has 0 unspecified atom stereocenters. The van der Waals surface area contributed by atoms with Crippen LogP contribution in [0.4, 0.5) is 14.9 Å². The number of rotatable bonds is 4. The highest BCUT2D eigenvalue weighted by Gasteiger charge is 2.48. The van der Waals surface area contributed by atoms with Crippen molar-refractivity contribution in [3.63, 3.8) is 0 Å². The van der Waals surface area contributed by atoms with E-state index in [2.05, 4.69) is 5.32 Å². The van der Waals surface area contributed by atoms with Crippen molar-refractivity contribution >= 4 is 17.6 Å². The Morgan fingerprint density at radius 3 is 2.78 bits per heavy atom. The molecule has 3 rings (SSSR count). The number of ether oxygens (including phenoxy) is 1. The Bertz CT molecular complexity index is 593. The number of likely N-dealkylation sites (tertiary alicyclic amines) is 2. The summed E-state index contributed by atoms with van der Waals surface area (Å²) in [4.78, 5) is 28.1. The molecule has 1 N–H and O–H groups in total. The van der Waals surface area contributed by atoms with Crippen LogP contribution in [0.1, 0.15) is 12.8 Å². The zero-order valence-corrected chi connectivity index (χ0v) is 13.0. The van der Waals surface area contributed by atoms with Crippen molar-refractivity contribution in [3.05, 3.63) is 30.1 Å². The van der Waals surface area contributed by atoms with Gasteiger partial charge in [0.2, 0.25) is 5.91 Å². The van der Waals surface area contributed by atoms with Crippen LogP contribution in [0.3, 0.4) is 0 Å². The van der Waals surface area contributed by atoms with Gasteiger partial charge in [-0.2, -0.15) is 0 Å². The monoisotopic (exact) mass is 321 g/mol. The molecular weight excluding hydrogens is 301 g/mol. The summed E-state index contributed by atoms with van der Waals surface area (Å²) in [6.45, 7) is 1.67. The Labute approximate surface area is 134 Å². The molecule has 0 saturated carbocycles. The number of anilines is 1. The summed E-state index contributed by atoms with van der Waals surface area (Å²) in [6.07, 6.45) is 1.13. The molecule has 2 heterocycles. The lowest BCUT2D eigenvalue weighted by Gasteiger charge is -2.25. The molecule has 0 spiro atoms. The number of hydrogen-bond acceptors (Lipinski definition) is 3. The van der Waals surface area contributed by atoms with Gasteiger partial charge in [0, 0.05) is 32.3 Å². The second kappa shape index (κ2) is 6.54. The number of fused-ring (bicyclic) bond motifs is 1. The van der Waals surface area contributed by atoms with Gasteiger partial charge < -0.3 is 19.9 Å². The first-order valence-corrected chi connectivity index (χ1v) is 7.71. The molecule has 0 radical (unpaired) electrons.